The van der Waals surface area contributed by atoms with Crippen LogP contribution in [0.4, 0.5) is 5.69 Å². The SMILES string of the molecule is N#Cc1ccc(N2CCCCN2Cc2ccccc2Br)c2ccccc12. The summed E-state index contributed by atoms with van der Waals surface area (Å²) in [6, 6.07) is 23.0. The molecule has 0 radical (unpaired) electrons. The van der Waals surface area contributed by atoms with Gasteiger partial charge in [-0.3, -0.25) is 0 Å². The van der Waals surface area contributed by atoms with E-state index in [4.69, 9.17) is 0 Å². The van der Waals surface area contributed by atoms with Crippen LogP contribution in [0.1, 0.15) is 24.0 Å². The molecule has 1 fully saturated rings. The van der Waals surface area contributed by atoms with E-state index in [1.807, 2.05) is 18.2 Å². The highest BCUT2D eigenvalue weighted by Crippen LogP contribution is 2.33. The second kappa shape index (κ2) is 7.49. The van der Waals surface area contributed by atoms with Gasteiger partial charge in [-0.2, -0.15) is 5.26 Å². The number of anilines is 1. The molecule has 0 aliphatic carbocycles. The van der Waals surface area contributed by atoms with Crippen LogP contribution in [0.3, 0.4) is 0 Å². The molecule has 1 aliphatic rings. The van der Waals surface area contributed by atoms with Crippen molar-refractivity contribution in [3.8, 4) is 6.07 Å². The van der Waals surface area contributed by atoms with Crippen molar-refractivity contribution in [2.45, 2.75) is 19.4 Å². The molecule has 0 unspecified atom stereocenters. The Hall–Kier alpha value is -2.35. The lowest BCUT2D eigenvalue weighted by atomic mass is 10.0. The molecule has 1 aliphatic heterocycles. The minimum absolute atomic E-state index is 0.735. The maximum atomic E-state index is 9.43. The Bertz CT molecular complexity index is 977. The molecule has 3 nitrogen and oxygen atoms in total. The third-order valence-electron chi connectivity index (χ3n) is 4.99. The van der Waals surface area contributed by atoms with Crippen LogP contribution >= 0.6 is 15.9 Å². The van der Waals surface area contributed by atoms with Crippen molar-refractivity contribution in [1.82, 2.24) is 5.01 Å². The van der Waals surface area contributed by atoms with Gasteiger partial charge in [0.25, 0.3) is 0 Å². The maximum Gasteiger partial charge on any atom is 0.0998 e. The van der Waals surface area contributed by atoms with Crippen LogP contribution in [0.2, 0.25) is 0 Å². The molecule has 0 atom stereocenters. The Kier molecular flexibility index (Phi) is 4.92. The largest absolute Gasteiger partial charge is 0.305 e. The molecule has 3 aromatic rings. The van der Waals surface area contributed by atoms with Crippen LogP contribution < -0.4 is 5.01 Å². The van der Waals surface area contributed by atoms with Crippen LogP contribution in [0.5, 0.6) is 0 Å². The second-order valence-corrected chi connectivity index (χ2v) is 7.45. The van der Waals surface area contributed by atoms with Gasteiger partial charge in [-0.1, -0.05) is 58.4 Å². The van der Waals surface area contributed by atoms with Gasteiger partial charge in [-0.15, -0.1) is 0 Å². The van der Waals surface area contributed by atoms with Gasteiger partial charge in [0.1, 0.15) is 0 Å². The van der Waals surface area contributed by atoms with E-state index in [0.29, 0.717) is 0 Å². The summed E-state index contributed by atoms with van der Waals surface area (Å²) < 4.78 is 1.15. The fourth-order valence-electron chi connectivity index (χ4n) is 3.68. The Morgan fingerprint density at radius 1 is 0.885 bits per heavy atom. The molecular formula is C22H20BrN3. The van der Waals surface area contributed by atoms with E-state index in [0.717, 1.165) is 40.4 Å². The summed E-state index contributed by atoms with van der Waals surface area (Å²) in [4.78, 5) is 0. The lowest BCUT2D eigenvalue weighted by Gasteiger charge is -2.41. The van der Waals surface area contributed by atoms with E-state index in [-0.39, 0.29) is 0 Å². The fraction of sp³-hybridized carbons (Fsp3) is 0.227. The standard InChI is InChI=1S/C22H20BrN3/c23-21-10-4-1-7-18(21)16-25-13-5-6-14-26(25)22-12-11-17(15-24)19-8-2-3-9-20(19)22/h1-4,7-12H,5-6,13-14,16H2. The van der Waals surface area contributed by atoms with Crippen molar-refractivity contribution in [3.63, 3.8) is 0 Å². The van der Waals surface area contributed by atoms with Crippen molar-refractivity contribution in [3.05, 3.63) is 76.3 Å². The normalized spacial score (nSPS) is 15.2. The van der Waals surface area contributed by atoms with Gasteiger partial charge in [0.05, 0.1) is 17.3 Å². The molecule has 26 heavy (non-hydrogen) atoms. The number of hydrogen-bond donors (Lipinski definition) is 0. The molecule has 3 aromatic carbocycles. The molecule has 1 saturated heterocycles. The number of hydrazine groups is 1. The first kappa shape index (κ1) is 17.1. The molecule has 0 aromatic heterocycles. The highest BCUT2D eigenvalue weighted by molar-refractivity contribution is 9.10. The molecule has 130 valence electrons. The van der Waals surface area contributed by atoms with E-state index in [2.05, 4.69) is 74.5 Å². The number of hydrogen-bond acceptors (Lipinski definition) is 3. The zero-order chi connectivity index (χ0) is 17.9. The molecule has 0 spiro atoms. The van der Waals surface area contributed by atoms with Crippen LogP contribution in [0, 0.1) is 11.3 Å². The minimum Gasteiger partial charge on any atom is -0.305 e. The maximum absolute atomic E-state index is 9.43. The first-order chi connectivity index (χ1) is 12.8. The van der Waals surface area contributed by atoms with Crippen molar-refractivity contribution >= 4 is 32.4 Å². The number of benzene rings is 3. The first-order valence-corrected chi connectivity index (χ1v) is 9.75. The Balaban J connectivity index is 1.75. The topological polar surface area (TPSA) is 30.3 Å². The van der Waals surface area contributed by atoms with Gasteiger partial charge >= 0.3 is 0 Å². The smallest absolute Gasteiger partial charge is 0.0998 e. The van der Waals surface area contributed by atoms with Gasteiger partial charge in [0, 0.05) is 34.9 Å². The Labute approximate surface area is 162 Å². The van der Waals surface area contributed by atoms with E-state index in [1.54, 1.807) is 0 Å². The summed E-state index contributed by atoms with van der Waals surface area (Å²) in [5.74, 6) is 0. The number of halogens is 1. The van der Waals surface area contributed by atoms with E-state index >= 15 is 0 Å². The quantitative estimate of drug-likeness (QED) is 0.576. The van der Waals surface area contributed by atoms with Gasteiger partial charge < -0.3 is 5.01 Å². The summed E-state index contributed by atoms with van der Waals surface area (Å²) in [6.45, 7) is 2.91. The van der Waals surface area contributed by atoms with Crippen LogP contribution in [-0.2, 0) is 6.54 Å². The van der Waals surface area contributed by atoms with Crippen LogP contribution in [0.25, 0.3) is 10.8 Å². The third kappa shape index (κ3) is 3.21. The number of rotatable bonds is 3. The molecule has 0 amide bonds. The number of nitrogens with zero attached hydrogens (tertiary/aromatic N) is 3. The Morgan fingerprint density at radius 3 is 2.42 bits per heavy atom. The predicted octanol–water partition coefficient (Wildman–Crippen LogP) is 5.49. The third-order valence-corrected chi connectivity index (χ3v) is 5.76. The zero-order valence-electron chi connectivity index (χ0n) is 14.5. The minimum atomic E-state index is 0.735. The molecule has 0 N–H and O–H groups in total. The molecule has 0 saturated carbocycles. The number of fused-ring (bicyclic) bond motifs is 1. The van der Waals surface area contributed by atoms with Crippen molar-refractivity contribution < 1.29 is 0 Å². The highest BCUT2D eigenvalue weighted by atomic mass is 79.9. The number of nitriles is 1. The van der Waals surface area contributed by atoms with Crippen molar-refractivity contribution in [2.75, 3.05) is 18.1 Å². The second-order valence-electron chi connectivity index (χ2n) is 6.60. The van der Waals surface area contributed by atoms with Crippen LogP contribution in [0.15, 0.2) is 65.1 Å². The average molecular weight is 406 g/mol. The molecule has 1 heterocycles. The summed E-state index contributed by atoms with van der Waals surface area (Å²) in [5.41, 5.74) is 3.21. The zero-order valence-corrected chi connectivity index (χ0v) is 16.1. The van der Waals surface area contributed by atoms with Gasteiger partial charge in [0.2, 0.25) is 0 Å². The van der Waals surface area contributed by atoms with Gasteiger partial charge in [-0.25, -0.2) is 5.01 Å². The van der Waals surface area contributed by atoms with E-state index < -0.39 is 0 Å². The predicted molar refractivity (Wildman–Crippen MR) is 110 cm³/mol. The van der Waals surface area contributed by atoms with Gasteiger partial charge in [0.15, 0.2) is 0 Å². The van der Waals surface area contributed by atoms with Crippen molar-refractivity contribution in [1.29, 1.82) is 5.26 Å². The highest BCUT2D eigenvalue weighted by Gasteiger charge is 2.23. The average Bonchev–Trinajstić information content (AvgIpc) is 2.69. The summed E-state index contributed by atoms with van der Waals surface area (Å²) in [5, 5.41) is 16.4. The molecule has 4 heteroatoms. The van der Waals surface area contributed by atoms with E-state index in [9.17, 15) is 5.26 Å². The monoisotopic (exact) mass is 405 g/mol. The van der Waals surface area contributed by atoms with Crippen LogP contribution in [-0.4, -0.2) is 18.1 Å². The summed E-state index contributed by atoms with van der Waals surface area (Å²) >= 11 is 3.68. The lowest BCUT2D eigenvalue weighted by molar-refractivity contribution is 0.204. The Morgan fingerprint density at radius 2 is 1.62 bits per heavy atom. The first-order valence-electron chi connectivity index (χ1n) is 8.95. The lowest BCUT2D eigenvalue weighted by Crippen LogP contribution is -2.47. The molecule has 0 bridgehead atoms. The summed E-state index contributed by atoms with van der Waals surface area (Å²) in [7, 11) is 0. The van der Waals surface area contributed by atoms with Gasteiger partial charge in [-0.05, 0) is 36.6 Å². The van der Waals surface area contributed by atoms with E-state index in [1.165, 1.54) is 24.1 Å². The molecule has 4 rings (SSSR count). The molecular weight excluding hydrogens is 386 g/mol. The summed E-state index contributed by atoms with van der Waals surface area (Å²) in [6.07, 6.45) is 2.38. The van der Waals surface area contributed by atoms with Crippen molar-refractivity contribution in [2.24, 2.45) is 0 Å². The fourth-order valence-corrected chi connectivity index (χ4v) is 4.09.